The number of halogens is 4. The first-order chi connectivity index (χ1) is 7.15. The van der Waals surface area contributed by atoms with Gasteiger partial charge in [0, 0.05) is 10.9 Å². The summed E-state index contributed by atoms with van der Waals surface area (Å²) < 4.78 is 5.36. The molecule has 0 atom stereocenters. The topological polar surface area (TPSA) is 9.23 Å². The average Bonchev–Trinajstić information content (AvgIpc) is 2.15. The lowest BCUT2D eigenvalue weighted by molar-refractivity contribution is 0.363. The Labute approximate surface area is 109 Å². The summed E-state index contributed by atoms with van der Waals surface area (Å²) in [6.45, 7) is 0.369. The largest absolute Gasteiger partial charge is 0.486 e. The predicted octanol–water partition coefficient (Wildman–Crippen LogP) is 4.82. The molecule has 5 heteroatoms. The number of benzene rings is 1. The summed E-state index contributed by atoms with van der Waals surface area (Å²) in [5, 5.41) is 1.27. The van der Waals surface area contributed by atoms with Gasteiger partial charge in [0.2, 0.25) is 0 Å². The highest BCUT2D eigenvalue weighted by molar-refractivity contribution is 6.40. The van der Waals surface area contributed by atoms with Gasteiger partial charge >= 0.3 is 0 Å². The van der Waals surface area contributed by atoms with E-state index in [2.05, 4.69) is 0 Å². The highest BCUT2D eigenvalue weighted by Crippen LogP contribution is 2.35. The fourth-order valence-electron chi connectivity index (χ4n) is 0.929. The van der Waals surface area contributed by atoms with E-state index in [0.717, 1.165) is 0 Å². The number of hydrogen-bond acceptors (Lipinski definition) is 1. The van der Waals surface area contributed by atoms with E-state index in [9.17, 15) is 0 Å². The van der Waals surface area contributed by atoms with Gasteiger partial charge in [0.1, 0.15) is 6.61 Å². The molecule has 1 aromatic carbocycles. The lowest BCUT2D eigenvalue weighted by Gasteiger charge is -2.08. The molecule has 0 amide bonds. The first kappa shape index (κ1) is 13.0. The van der Waals surface area contributed by atoms with Gasteiger partial charge in [-0.05, 0) is 12.1 Å². The van der Waals surface area contributed by atoms with Crippen molar-refractivity contribution in [1.82, 2.24) is 0 Å². The molecule has 0 spiro atoms. The Morgan fingerprint density at radius 1 is 1.07 bits per heavy atom. The summed E-state index contributed by atoms with van der Waals surface area (Å²) in [5.74, 6) is 0.882. The van der Waals surface area contributed by atoms with Crippen molar-refractivity contribution in [2.24, 2.45) is 0 Å². The molecule has 1 nitrogen and oxygen atoms in total. The zero-order chi connectivity index (χ0) is 11.3. The first-order valence-electron chi connectivity index (χ1n) is 4.13. The summed E-state index contributed by atoms with van der Waals surface area (Å²) in [6.07, 6.45) is 3.56. The molecule has 0 heterocycles. The van der Waals surface area contributed by atoms with E-state index in [-0.39, 0.29) is 0 Å². The predicted molar refractivity (Wildman–Crippen MR) is 66.8 cm³/mol. The normalized spacial score (nSPS) is 10.9. The minimum Gasteiger partial charge on any atom is -0.486 e. The summed E-state index contributed by atoms with van der Waals surface area (Å²) >= 11 is 23.0. The van der Waals surface area contributed by atoms with Crippen LogP contribution in [0.4, 0.5) is 0 Å². The van der Waals surface area contributed by atoms with Crippen LogP contribution in [0.3, 0.4) is 0 Å². The van der Waals surface area contributed by atoms with Crippen LogP contribution in [0.25, 0.3) is 0 Å². The van der Waals surface area contributed by atoms with Crippen LogP contribution in [0.15, 0.2) is 24.3 Å². The van der Waals surface area contributed by atoms with Crippen molar-refractivity contribution in [2.75, 3.05) is 12.5 Å². The molecule has 0 radical (unpaired) electrons. The van der Waals surface area contributed by atoms with Crippen molar-refractivity contribution in [3.05, 3.63) is 39.4 Å². The molecule has 0 aliphatic heterocycles. The summed E-state index contributed by atoms with van der Waals surface area (Å²) in [7, 11) is 0. The fourth-order valence-corrected chi connectivity index (χ4v) is 1.98. The molecule has 0 unspecified atom stereocenters. The summed E-state index contributed by atoms with van der Waals surface area (Å²) in [4.78, 5) is 0. The lowest BCUT2D eigenvalue weighted by Crippen LogP contribution is -1.95. The van der Waals surface area contributed by atoms with Gasteiger partial charge in [0.15, 0.2) is 5.75 Å². The molecular weight excluding hydrogens is 278 g/mol. The van der Waals surface area contributed by atoms with E-state index in [1.807, 2.05) is 0 Å². The third-order valence-electron chi connectivity index (χ3n) is 1.54. The van der Waals surface area contributed by atoms with E-state index >= 15 is 0 Å². The SMILES string of the molecule is ClCC=CCOc1c(Cl)cc(Cl)cc1Cl. The van der Waals surface area contributed by atoms with Crippen LogP contribution >= 0.6 is 46.4 Å². The molecule has 0 aliphatic carbocycles. The average molecular weight is 286 g/mol. The van der Waals surface area contributed by atoms with Crippen LogP contribution in [-0.4, -0.2) is 12.5 Å². The molecule has 0 saturated carbocycles. The maximum atomic E-state index is 5.90. The number of hydrogen-bond donors (Lipinski definition) is 0. The van der Waals surface area contributed by atoms with E-state index in [1.165, 1.54) is 0 Å². The molecular formula is C10H8Cl4O. The smallest absolute Gasteiger partial charge is 0.157 e. The van der Waals surface area contributed by atoms with Gasteiger partial charge in [-0.2, -0.15) is 0 Å². The summed E-state index contributed by atoms with van der Waals surface area (Å²) in [6, 6.07) is 3.16. The lowest BCUT2D eigenvalue weighted by atomic mass is 10.3. The van der Waals surface area contributed by atoms with E-state index in [4.69, 9.17) is 51.1 Å². The van der Waals surface area contributed by atoms with Crippen LogP contribution < -0.4 is 4.74 Å². The minimum absolute atomic E-state index is 0.369. The quantitative estimate of drug-likeness (QED) is 0.569. The maximum Gasteiger partial charge on any atom is 0.157 e. The standard InChI is InChI=1S/C10H8Cl4O/c11-3-1-2-4-15-10-8(13)5-7(12)6-9(10)14/h1-2,5-6H,3-4H2. The number of allylic oxidation sites excluding steroid dienone is 1. The molecule has 0 saturated heterocycles. The molecule has 0 bridgehead atoms. The zero-order valence-electron chi connectivity index (χ0n) is 7.64. The van der Waals surface area contributed by atoms with Crippen molar-refractivity contribution in [2.45, 2.75) is 0 Å². The Balaban J connectivity index is 2.72. The number of ether oxygens (including phenoxy) is 1. The van der Waals surface area contributed by atoms with Gasteiger partial charge in [-0.25, -0.2) is 0 Å². The Hall–Kier alpha value is -0.0800. The third kappa shape index (κ3) is 4.12. The maximum absolute atomic E-state index is 5.90. The van der Waals surface area contributed by atoms with Crippen molar-refractivity contribution < 1.29 is 4.74 Å². The van der Waals surface area contributed by atoms with Crippen molar-refractivity contribution in [3.63, 3.8) is 0 Å². The van der Waals surface area contributed by atoms with Gasteiger partial charge in [-0.15, -0.1) is 11.6 Å². The molecule has 0 aliphatic rings. The van der Waals surface area contributed by atoms with E-state index in [1.54, 1.807) is 24.3 Å². The Bertz CT molecular complexity index is 339. The highest BCUT2D eigenvalue weighted by Gasteiger charge is 2.07. The first-order valence-corrected chi connectivity index (χ1v) is 5.80. The molecule has 0 N–H and O–H groups in total. The highest BCUT2D eigenvalue weighted by atomic mass is 35.5. The Morgan fingerprint density at radius 2 is 1.67 bits per heavy atom. The van der Waals surface area contributed by atoms with Crippen LogP contribution in [0.2, 0.25) is 15.1 Å². The van der Waals surface area contributed by atoms with Gasteiger partial charge in [0.25, 0.3) is 0 Å². The van der Waals surface area contributed by atoms with Crippen molar-refractivity contribution in [3.8, 4) is 5.75 Å². The monoisotopic (exact) mass is 284 g/mol. The molecule has 82 valence electrons. The molecule has 1 aromatic rings. The summed E-state index contributed by atoms with van der Waals surface area (Å²) in [5.41, 5.74) is 0. The molecule has 0 fully saturated rings. The second kappa shape index (κ2) is 6.49. The van der Waals surface area contributed by atoms with Crippen molar-refractivity contribution >= 4 is 46.4 Å². The molecule has 1 rings (SSSR count). The van der Waals surface area contributed by atoms with E-state index < -0.39 is 0 Å². The van der Waals surface area contributed by atoms with Crippen LogP contribution in [0.1, 0.15) is 0 Å². The Morgan fingerprint density at radius 3 is 2.20 bits per heavy atom. The van der Waals surface area contributed by atoms with Gasteiger partial charge in [-0.3, -0.25) is 0 Å². The second-order valence-electron chi connectivity index (χ2n) is 2.64. The molecule has 15 heavy (non-hydrogen) atoms. The van der Waals surface area contributed by atoms with Crippen LogP contribution in [-0.2, 0) is 0 Å². The zero-order valence-corrected chi connectivity index (χ0v) is 10.7. The fraction of sp³-hybridized carbons (Fsp3) is 0.200. The van der Waals surface area contributed by atoms with E-state index in [0.29, 0.717) is 33.3 Å². The molecule has 0 aromatic heterocycles. The van der Waals surface area contributed by atoms with Crippen LogP contribution in [0.5, 0.6) is 5.75 Å². The van der Waals surface area contributed by atoms with Crippen molar-refractivity contribution in [1.29, 1.82) is 0 Å². The Kier molecular flexibility index (Phi) is 5.62. The minimum atomic E-state index is 0.369. The van der Waals surface area contributed by atoms with Gasteiger partial charge in [-0.1, -0.05) is 47.0 Å². The van der Waals surface area contributed by atoms with Crippen LogP contribution in [0, 0.1) is 0 Å². The number of alkyl halides is 1. The van der Waals surface area contributed by atoms with Gasteiger partial charge < -0.3 is 4.74 Å². The third-order valence-corrected chi connectivity index (χ3v) is 2.50. The van der Waals surface area contributed by atoms with Gasteiger partial charge in [0.05, 0.1) is 10.0 Å². The second-order valence-corrected chi connectivity index (χ2v) is 4.19. The number of rotatable bonds is 4.